The molecule has 0 aromatic rings. The molecule has 2 amide bonds. The highest BCUT2D eigenvalue weighted by atomic mass is 19.4. The van der Waals surface area contributed by atoms with Gasteiger partial charge in [0.05, 0.1) is 6.54 Å². The van der Waals surface area contributed by atoms with E-state index in [4.69, 9.17) is 0 Å². The summed E-state index contributed by atoms with van der Waals surface area (Å²) in [7, 11) is 0. The highest BCUT2D eigenvalue weighted by Crippen LogP contribution is 2.20. The second kappa shape index (κ2) is 6.27. The van der Waals surface area contributed by atoms with Gasteiger partial charge in [-0.15, -0.1) is 6.58 Å². The molecule has 4 nitrogen and oxygen atoms in total. The molecule has 19 heavy (non-hydrogen) atoms. The number of rotatable bonds is 3. The summed E-state index contributed by atoms with van der Waals surface area (Å²) < 4.78 is 37.0. The molecule has 0 saturated carbocycles. The van der Waals surface area contributed by atoms with E-state index in [1.165, 1.54) is 9.80 Å². The van der Waals surface area contributed by atoms with Crippen LogP contribution in [0.15, 0.2) is 12.7 Å². The summed E-state index contributed by atoms with van der Waals surface area (Å²) in [5.74, 6) is 0. The highest BCUT2D eigenvalue weighted by molar-refractivity contribution is 5.74. The molecule has 0 aliphatic carbocycles. The van der Waals surface area contributed by atoms with Gasteiger partial charge in [-0.2, -0.15) is 13.2 Å². The molecule has 1 saturated heterocycles. The maximum atomic E-state index is 12.3. The standard InChI is InChI=1S/C12H20F3N3O/c1-4-9(2)16-11(19)17-5-6-18(10(3)7-17)8-12(13,14)15/h4,9-10H,1,5-8H2,2-3H3,(H,16,19)/t9-,10-/m1/s1. The molecule has 0 bridgehead atoms. The Morgan fingerprint density at radius 1 is 1.53 bits per heavy atom. The number of urea groups is 1. The smallest absolute Gasteiger partial charge is 0.332 e. The third-order valence-corrected chi connectivity index (χ3v) is 3.14. The van der Waals surface area contributed by atoms with Crippen LogP contribution in [0.4, 0.5) is 18.0 Å². The predicted octanol–water partition coefficient (Wildman–Crippen LogP) is 1.84. The summed E-state index contributed by atoms with van der Waals surface area (Å²) in [5.41, 5.74) is 0. The topological polar surface area (TPSA) is 35.6 Å². The SMILES string of the molecule is C=C[C@@H](C)NC(=O)N1CCN(CC(F)(F)F)[C@H](C)C1. The Bertz CT molecular complexity index is 333. The van der Waals surface area contributed by atoms with Crippen LogP contribution < -0.4 is 5.32 Å². The molecule has 2 atom stereocenters. The van der Waals surface area contributed by atoms with Crippen LogP contribution in [0.3, 0.4) is 0 Å². The normalized spacial score (nSPS) is 23.0. The van der Waals surface area contributed by atoms with E-state index in [1.54, 1.807) is 19.9 Å². The van der Waals surface area contributed by atoms with Crippen LogP contribution in [-0.4, -0.2) is 60.3 Å². The van der Waals surface area contributed by atoms with Gasteiger partial charge in [0.25, 0.3) is 0 Å². The minimum Gasteiger partial charge on any atom is -0.332 e. The zero-order valence-corrected chi connectivity index (χ0v) is 11.2. The lowest BCUT2D eigenvalue weighted by Crippen LogP contribution is -2.58. The summed E-state index contributed by atoms with van der Waals surface area (Å²) in [6.07, 6.45) is -2.60. The van der Waals surface area contributed by atoms with E-state index in [0.29, 0.717) is 13.1 Å². The average molecular weight is 279 g/mol. The van der Waals surface area contributed by atoms with Crippen LogP contribution in [0.25, 0.3) is 0 Å². The minimum absolute atomic E-state index is 0.156. The molecule has 0 aromatic carbocycles. The molecular weight excluding hydrogens is 259 g/mol. The molecule has 1 rings (SSSR count). The van der Waals surface area contributed by atoms with Crippen molar-refractivity contribution in [2.75, 3.05) is 26.2 Å². The first-order valence-electron chi connectivity index (χ1n) is 6.21. The Kier molecular flexibility index (Phi) is 5.22. The fourth-order valence-corrected chi connectivity index (χ4v) is 1.99. The van der Waals surface area contributed by atoms with E-state index in [2.05, 4.69) is 11.9 Å². The maximum absolute atomic E-state index is 12.3. The van der Waals surface area contributed by atoms with Crippen molar-refractivity contribution in [2.24, 2.45) is 0 Å². The molecule has 0 unspecified atom stereocenters. The van der Waals surface area contributed by atoms with Crippen molar-refractivity contribution in [1.29, 1.82) is 0 Å². The Morgan fingerprint density at radius 2 is 2.16 bits per heavy atom. The summed E-state index contributed by atoms with van der Waals surface area (Å²) in [6.45, 7) is 6.95. The number of alkyl halides is 3. The van der Waals surface area contributed by atoms with Crippen molar-refractivity contribution in [1.82, 2.24) is 15.1 Å². The zero-order chi connectivity index (χ0) is 14.6. The summed E-state index contributed by atoms with van der Waals surface area (Å²) in [4.78, 5) is 14.7. The van der Waals surface area contributed by atoms with Crippen molar-refractivity contribution in [3.8, 4) is 0 Å². The van der Waals surface area contributed by atoms with Crippen LogP contribution in [-0.2, 0) is 0 Å². The lowest BCUT2D eigenvalue weighted by atomic mass is 10.2. The number of hydrogen-bond acceptors (Lipinski definition) is 2. The van der Waals surface area contributed by atoms with Gasteiger partial charge >= 0.3 is 12.2 Å². The van der Waals surface area contributed by atoms with Gasteiger partial charge in [0, 0.05) is 31.7 Å². The predicted molar refractivity (Wildman–Crippen MR) is 66.9 cm³/mol. The quantitative estimate of drug-likeness (QED) is 0.800. The molecular formula is C12H20F3N3O. The van der Waals surface area contributed by atoms with E-state index in [9.17, 15) is 18.0 Å². The zero-order valence-electron chi connectivity index (χ0n) is 11.2. The molecule has 1 fully saturated rings. The number of nitrogens with one attached hydrogen (secondary N) is 1. The van der Waals surface area contributed by atoms with Gasteiger partial charge in [-0.05, 0) is 13.8 Å². The molecule has 0 radical (unpaired) electrons. The van der Waals surface area contributed by atoms with Crippen molar-refractivity contribution in [3.05, 3.63) is 12.7 Å². The average Bonchev–Trinajstić information content (AvgIpc) is 2.29. The summed E-state index contributed by atoms with van der Waals surface area (Å²) in [6, 6.07) is -0.720. The van der Waals surface area contributed by atoms with Gasteiger partial charge in [0.15, 0.2) is 0 Å². The van der Waals surface area contributed by atoms with Crippen molar-refractivity contribution in [2.45, 2.75) is 32.1 Å². The number of piperazine rings is 1. The van der Waals surface area contributed by atoms with Gasteiger partial charge in [-0.3, -0.25) is 4.90 Å². The van der Waals surface area contributed by atoms with Crippen LogP contribution >= 0.6 is 0 Å². The lowest BCUT2D eigenvalue weighted by molar-refractivity contribution is -0.153. The largest absolute Gasteiger partial charge is 0.401 e. The van der Waals surface area contributed by atoms with Gasteiger partial charge in [-0.25, -0.2) is 4.79 Å². The monoisotopic (exact) mass is 279 g/mol. The molecule has 7 heteroatoms. The number of nitrogens with zero attached hydrogens (tertiary/aromatic N) is 2. The molecule has 0 aromatic heterocycles. The Labute approximate surface area is 111 Å². The van der Waals surface area contributed by atoms with E-state index in [1.807, 2.05) is 0 Å². The van der Waals surface area contributed by atoms with E-state index in [0.717, 1.165) is 0 Å². The first-order valence-corrected chi connectivity index (χ1v) is 6.21. The van der Waals surface area contributed by atoms with Gasteiger partial charge in [0.1, 0.15) is 0 Å². The Hall–Kier alpha value is -1.24. The molecule has 1 heterocycles. The van der Waals surface area contributed by atoms with Gasteiger partial charge in [-0.1, -0.05) is 6.08 Å². The molecule has 1 N–H and O–H groups in total. The third kappa shape index (κ3) is 5.10. The van der Waals surface area contributed by atoms with Crippen molar-refractivity contribution >= 4 is 6.03 Å². The van der Waals surface area contributed by atoms with E-state index < -0.39 is 12.7 Å². The molecule has 1 aliphatic rings. The number of amides is 2. The third-order valence-electron chi connectivity index (χ3n) is 3.14. The van der Waals surface area contributed by atoms with Crippen molar-refractivity contribution in [3.63, 3.8) is 0 Å². The number of halogens is 3. The van der Waals surface area contributed by atoms with E-state index in [-0.39, 0.29) is 24.7 Å². The van der Waals surface area contributed by atoms with E-state index >= 15 is 0 Å². The first kappa shape index (κ1) is 15.8. The maximum Gasteiger partial charge on any atom is 0.401 e. The second-order valence-corrected chi connectivity index (χ2v) is 4.85. The number of carbonyl (C=O) groups is 1. The van der Waals surface area contributed by atoms with Crippen LogP contribution in [0.5, 0.6) is 0 Å². The second-order valence-electron chi connectivity index (χ2n) is 4.85. The highest BCUT2D eigenvalue weighted by Gasteiger charge is 2.35. The Balaban J connectivity index is 2.49. The fourth-order valence-electron chi connectivity index (χ4n) is 1.99. The van der Waals surface area contributed by atoms with Crippen LogP contribution in [0.1, 0.15) is 13.8 Å². The van der Waals surface area contributed by atoms with Gasteiger partial charge < -0.3 is 10.2 Å². The fraction of sp³-hybridized carbons (Fsp3) is 0.750. The Morgan fingerprint density at radius 3 is 2.63 bits per heavy atom. The summed E-state index contributed by atoms with van der Waals surface area (Å²) >= 11 is 0. The number of carbonyl (C=O) groups excluding carboxylic acids is 1. The molecule has 110 valence electrons. The van der Waals surface area contributed by atoms with Crippen molar-refractivity contribution < 1.29 is 18.0 Å². The number of hydrogen-bond donors (Lipinski definition) is 1. The lowest BCUT2D eigenvalue weighted by Gasteiger charge is -2.40. The summed E-state index contributed by atoms with van der Waals surface area (Å²) in [5, 5.41) is 2.71. The molecule has 0 spiro atoms. The molecule has 1 aliphatic heterocycles. The van der Waals surface area contributed by atoms with Gasteiger partial charge in [0.2, 0.25) is 0 Å². The first-order chi connectivity index (χ1) is 8.73. The minimum atomic E-state index is -4.20. The van der Waals surface area contributed by atoms with Crippen LogP contribution in [0.2, 0.25) is 0 Å². The van der Waals surface area contributed by atoms with Crippen LogP contribution in [0, 0.1) is 0 Å².